The van der Waals surface area contributed by atoms with Gasteiger partial charge in [0.25, 0.3) is 6.17 Å². The zero-order chi connectivity index (χ0) is 13.1. The van der Waals surface area contributed by atoms with E-state index in [1.165, 1.54) is 13.8 Å². The summed E-state index contributed by atoms with van der Waals surface area (Å²) in [7, 11) is 0. The molecule has 0 radical (unpaired) electrons. The first-order valence-electron chi connectivity index (χ1n) is 4.23. The van der Waals surface area contributed by atoms with Crippen molar-refractivity contribution in [2.45, 2.75) is 32.1 Å². The van der Waals surface area contributed by atoms with Crippen LogP contribution in [0.1, 0.15) is 13.8 Å². The molecule has 0 aromatic heterocycles. The summed E-state index contributed by atoms with van der Waals surface area (Å²) in [5, 5.41) is 0. The maximum absolute atomic E-state index is 12.6. The summed E-state index contributed by atoms with van der Waals surface area (Å²) in [4.78, 5) is 10.7. The van der Waals surface area contributed by atoms with Gasteiger partial charge in [-0.1, -0.05) is 13.8 Å². The monoisotopic (exact) mass is 252 g/mol. The van der Waals surface area contributed by atoms with Gasteiger partial charge in [0.05, 0.1) is 5.92 Å². The molecule has 0 aromatic carbocycles. The van der Waals surface area contributed by atoms with Gasteiger partial charge >= 0.3 is 18.1 Å². The first-order chi connectivity index (χ1) is 6.98. The average Bonchev–Trinajstić information content (AvgIpc) is 2.11. The van der Waals surface area contributed by atoms with Gasteiger partial charge in [-0.25, -0.2) is 4.39 Å². The summed E-state index contributed by atoms with van der Waals surface area (Å²) in [5.74, 6) is -6.67. The summed E-state index contributed by atoms with van der Waals surface area (Å²) in [6.07, 6.45) is -10.0. The molecule has 0 fully saturated rings. The highest BCUT2D eigenvalue weighted by Crippen LogP contribution is 2.35. The maximum atomic E-state index is 12.6. The van der Waals surface area contributed by atoms with Crippen LogP contribution in [0.25, 0.3) is 0 Å². The Hall–Kier alpha value is -0.950. The molecule has 0 bridgehead atoms. The fraction of sp³-hybridized carbons (Fsp3) is 0.875. The van der Waals surface area contributed by atoms with E-state index in [1.807, 2.05) is 0 Å². The molecular formula is C8H10F6O2. The number of carbonyl (C=O) groups is 1. The Bertz CT molecular complexity index is 247. The van der Waals surface area contributed by atoms with Crippen LogP contribution in [0.3, 0.4) is 0 Å². The van der Waals surface area contributed by atoms with E-state index in [4.69, 9.17) is 0 Å². The smallest absolute Gasteiger partial charge is 0.425 e. The van der Waals surface area contributed by atoms with E-state index in [0.29, 0.717) is 0 Å². The second kappa shape index (κ2) is 4.92. The van der Waals surface area contributed by atoms with Crippen molar-refractivity contribution in [1.82, 2.24) is 0 Å². The normalized spacial score (nSPS) is 15.1. The highest BCUT2D eigenvalue weighted by atomic mass is 19.4. The van der Waals surface area contributed by atoms with Crippen LogP contribution in [0.5, 0.6) is 0 Å². The second-order valence-corrected chi connectivity index (χ2v) is 3.43. The van der Waals surface area contributed by atoms with Gasteiger partial charge < -0.3 is 4.74 Å². The van der Waals surface area contributed by atoms with Gasteiger partial charge in [-0.3, -0.25) is 4.79 Å². The molecular weight excluding hydrogens is 242 g/mol. The van der Waals surface area contributed by atoms with E-state index in [9.17, 15) is 31.1 Å². The molecule has 0 spiro atoms. The number of halogens is 6. The molecule has 0 saturated heterocycles. The first kappa shape index (κ1) is 15.0. The highest BCUT2D eigenvalue weighted by Gasteiger charge is 2.57. The molecule has 0 N–H and O–H groups in total. The molecule has 0 rings (SSSR count). The van der Waals surface area contributed by atoms with Crippen LogP contribution < -0.4 is 0 Å². The second-order valence-electron chi connectivity index (χ2n) is 3.43. The van der Waals surface area contributed by atoms with E-state index in [2.05, 4.69) is 4.74 Å². The third kappa shape index (κ3) is 4.28. The van der Waals surface area contributed by atoms with E-state index < -0.39 is 36.8 Å². The van der Waals surface area contributed by atoms with Crippen LogP contribution in [0.4, 0.5) is 26.3 Å². The highest BCUT2D eigenvalue weighted by molar-refractivity contribution is 5.71. The van der Waals surface area contributed by atoms with Crippen molar-refractivity contribution in [1.29, 1.82) is 0 Å². The van der Waals surface area contributed by atoms with E-state index in [1.54, 1.807) is 0 Å². The molecule has 16 heavy (non-hydrogen) atoms. The molecule has 1 unspecified atom stereocenters. The van der Waals surface area contributed by atoms with Crippen molar-refractivity contribution >= 4 is 5.97 Å². The molecule has 8 heteroatoms. The fourth-order valence-electron chi connectivity index (χ4n) is 0.647. The lowest BCUT2D eigenvalue weighted by Gasteiger charge is -2.22. The summed E-state index contributed by atoms with van der Waals surface area (Å²) in [5.41, 5.74) is 0. The zero-order valence-corrected chi connectivity index (χ0v) is 8.45. The molecule has 0 amide bonds. The number of hydrogen-bond acceptors (Lipinski definition) is 2. The van der Waals surface area contributed by atoms with E-state index in [0.717, 1.165) is 0 Å². The Morgan fingerprint density at radius 1 is 1.19 bits per heavy atom. The van der Waals surface area contributed by atoms with Crippen molar-refractivity contribution in [2.24, 2.45) is 5.92 Å². The van der Waals surface area contributed by atoms with Crippen LogP contribution in [0, 0.1) is 5.92 Å². The van der Waals surface area contributed by atoms with Crippen molar-refractivity contribution in [3.8, 4) is 0 Å². The van der Waals surface area contributed by atoms with Crippen molar-refractivity contribution in [3.63, 3.8) is 0 Å². The van der Waals surface area contributed by atoms with E-state index >= 15 is 0 Å². The maximum Gasteiger partial charge on any atom is 0.425 e. The average molecular weight is 252 g/mol. The van der Waals surface area contributed by atoms with E-state index in [-0.39, 0.29) is 0 Å². The van der Waals surface area contributed by atoms with Crippen molar-refractivity contribution in [3.05, 3.63) is 0 Å². The molecule has 0 aromatic rings. The largest absolute Gasteiger partial charge is 0.459 e. The quantitative estimate of drug-likeness (QED) is 0.568. The lowest BCUT2D eigenvalue weighted by atomic mass is 10.2. The summed E-state index contributed by atoms with van der Waals surface area (Å²) in [6.45, 7) is 0.680. The Labute approximate surface area is 87.6 Å². The van der Waals surface area contributed by atoms with Crippen LogP contribution >= 0.6 is 0 Å². The fourth-order valence-corrected chi connectivity index (χ4v) is 0.647. The number of carbonyl (C=O) groups excluding carboxylic acids is 1. The molecule has 1 atom stereocenters. The number of ether oxygens (including phenoxy) is 1. The molecule has 0 aliphatic rings. The minimum atomic E-state index is -5.69. The molecule has 0 heterocycles. The van der Waals surface area contributed by atoms with Crippen molar-refractivity contribution < 1.29 is 35.9 Å². The van der Waals surface area contributed by atoms with Gasteiger partial charge in [0, 0.05) is 0 Å². The standard InChI is InChI=1S/C8H10F6O2/c1-4(2)5(15)16-3-7(10,11)6(9)8(12,13)14/h4,6H,3H2,1-2H3. The summed E-state index contributed by atoms with van der Waals surface area (Å²) < 4.78 is 76.2. The number of rotatable bonds is 4. The van der Waals surface area contributed by atoms with Crippen molar-refractivity contribution in [2.75, 3.05) is 6.61 Å². The Kier molecular flexibility index (Phi) is 4.63. The Morgan fingerprint density at radius 3 is 1.94 bits per heavy atom. The zero-order valence-electron chi connectivity index (χ0n) is 8.45. The Balaban J connectivity index is 4.41. The number of hydrogen-bond donors (Lipinski definition) is 0. The van der Waals surface area contributed by atoms with Crippen LogP contribution in [-0.4, -0.2) is 30.8 Å². The summed E-state index contributed by atoms with van der Waals surface area (Å²) >= 11 is 0. The molecule has 0 saturated carbocycles. The van der Waals surface area contributed by atoms with Crippen LogP contribution in [0.15, 0.2) is 0 Å². The topological polar surface area (TPSA) is 26.3 Å². The van der Waals surface area contributed by atoms with Gasteiger partial charge in [0.15, 0.2) is 6.61 Å². The lowest BCUT2D eigenvalue weighted by Crippen LogP contribution is -2.45. The predicted molar refractivity (Wildman–Crippen MR) is 41.7 cm³/mol. The minimum Gasteiger partial charge on any atom is -0.459 e. The lowest BCUT2D eigenvalue weighted by molar-refractivity contribution is -0.254. The minimum absolute atomic E-state index is 0.778. The van der Waals surface area contributed by atoms with Crippen LogP contribution in [0.2, 0.25) is 0 Å². The summed E-state index contributed by atoms with van der Waals surface area (Å²) in [6, 6.07) is 0. The Morgan fingerprint density at radius 2 is 1.62 bits per heavy atom. The third-order valence-electron chi connectivity index (χ3n) is 1.54. The SMILES string of the molecule is CC(C)C(=O)OCC(F)(F)C(F)C(F)(F)F. The van der Waals surface area contributed by atoms with Crippen LogP contribution in [-0.2, 0) is 9.53 Å². The third-order valence-corrected chi connectivity index (χ3v) is 1.54. The first-order valence-corrected chi connectivity index (χ1v) is 4.23. The molecule has 0 aliphatic carbocycles. The molecule has 2 nitrogen and oxygen atoms in total. The van der Waals surface area contributed by atoms with Gasteiger partial charge in [-0.05, 0) is 0 Å². The van der Waals surface area contributed by atoms with Gasteiger partial charge in [-0.15, -0.1) is 0 Å². The van der Waals surface area contributed by atoms with Gasteiger partial charge in [-0.2, -0.15) is 22.0 Å². The van der Waals surface area contributed by atoms with Gasteiger partial charge in [0.1, 0.15) is 0 Å². The van der Waals surface area contributed by atoms with Gasteiger partial charge in [0.2, 0.25) is 0 Å². The number of esters is 1. The molecule has 0 aliphatic heterocycles. The molecule has 96 valence electrons. The predicted octanol–water partition coefficient (Wildman–Crippen LogP) is 2.72. The number of alkyl halides is 6.